The number of ether oxygens (including phenoxy) is 1. The highest BCUT2D eigenvalue weighted by Crippen LogP contribution is 2.19. The molecule has 3 rings (SSSR count). The minimum Gasteiger partial charge on any atom is -0.497 e. The van der Waals surface area contributed by atoms with E-state index in [0.717, 1.165) is 37.0 Å². The van der Waals surface area contributed by atoms with Gasteiger partial charge in [-0.3, -0.25) is 4.68 Å². The topological polar surface area (TPSA) is 39.1 Å². The molecule has 1 aliphatic rings. The van der Waals surface area contributed by atoms with Crippen molar-refractivity contribution in [3.8, 4) is 5.75 Å². The third-order valence-electron chi connectivity index (χ3n) is 4.00. The Balaban J connectivity index is 1.55. The van der Waals surface area contributed by atoms with Crippen LogP contribution in [-0.4, -0.2) is 22.9 Å². The quantitative estimate of drug-likeness (QED) is 0.850. The first-order valence-corrected chi connectivity index (χ1v) is 7.64. The van der Waals surface area contributed by atoms with Gasteiger partial charge in [0, 0.05) is 30.9 Å². The molecule has 1 heterocycles. The Hall–Kier alpha value is -1.81. The molecule has 0 atom stereocenters. The molecule has 0 bridgehead atoms. The molecule has 1 saturated carbocycles. The first-order chi connectivity index (χ1) is 10.2. The SMILES string of the molecule is COc1ccc(CCn2cc(CNC3CC3)c(C)n2)cc1. The number of aryl methyl sites for hydroxylation is 3. The molecular formula is C17H23N3O. The van der Waals surface area contributed by atoms with E-state index in [2.05, 4.69) is 40.4 Å². The van der Waals surface area contributed by atoms with Gasteiger partial charge < -0.3 is 10.1 Å². The van der Waals surface area contributed by atoms with Crippen LogP contribution >= 0.6 is 0 Å². The van der Waals surface area contributed by atoms with Gasteiger partial charge in [-0.15, -0.1) is 0 Å². The van der Waals surface area contributed by atoms with Crippen LogP contribution in [0.15, 0.2) is 30.5 Å². The van der Waals surface area contributed by atoms with Gasteiger partial charge >= 0.3 is 0 Å². The van der Waals surface area contributed by atoms with Crippen LogP contribution in [0, 0.1) is 6.92 Å². The predicted molar refractivity (Wildman–Crippen MR) is 83.5 cm³/mol. The first kappa shape index (κ1) is 14.1. The molecule has 4 nitrogen and oxygen atoms in total. The monoisotopic (exact) mass is 285 g/mol. The molecule has 1 aromatic carbocycles. The third-order valence-corrected chi connectivity index (χ3v) is 4.00. The summed E-state index contributed by atoms with van der Waals surface area (Å²) in [4.78, 5) is 0. The van der Waals surface area contributed by atoms with E-state index in [9.17, 15) is 0 Å². The molecule has 0 unspecified atom stereocenters. The number of hydrogen-bond donors (Lipinski definition) is 1. The third kappa shape index (κ3) is 3.85. The van der Waals surface area contributed by atoms with Crippen molar-refractivity contribution >= 4 is 0 Å². The lowest BCUT2D eigenvalue weighted by Gasteiger charge is -2.04. The van der Waals surface area contributed by atoms with Gasteiger partial charge in [0.2, 0.25) is 0 Å². The normalized spacial score (nSPS) is 14.4. The van der Waals surface area contributed by atoms with Crippen LogP contribution in [0.3, 0.4) is 0 Å². The highest BCUT2D eigenvalue weighted by atomic mass is 16.5. The number of rotatable bonds is 7. The van der Waals surface area contributed by atoms with Gasteiger partial charge in [0.1, 0.15) is 5.75 Å². The zero-order valence-corrected chi connectivity index (χ0v) is 12.8. The Labute approximate surface area is 126 Å². The molecular weight excluding hydrogens is 262 g/mol. The van der Waals surface area contributed by atoms with Crippen molar-refractivity contribution in [2.45, 2.75) is 45.3 Å². The molecule has 0 saturated heterocycles. The second-order valence-electron chi connectivity index (χ2n) is 5.76. The van der Waals surface area contributed by atoms with Gasteiger partial charge in [0.05, 0.1) is 12.8 Å². The second kappa shape index (κ2) is 6.31. The Morgan fingerprint density at radius 1 is 1.29 bits per heavy atom. The van der Waals surface area contributed by atoms with Crippen LogP contribution in [0.25, 0.3) is 0 Å². The fourth-order valence-corrected chi connectivity index (χ4v) is 2.42. The molecule has 4 heteroatoms. The van der Waals surface area contributed by atoms with E-state index in [1.807, 2.05) is 12.1 Å². The van der Waals surface area contributed by atoms with Gasteiger partial charge in [-0.25, -0.2) is 0 Å². The fraction of sp³-hybridized carbons (Fsp3) is 0.471. The zero-order chi connectivity index (χ0) is 14.7. The van der Waals surface area contributed by atoms with E-state index in [-0.39, 0.29) is 0 Å². The molecule has 1 fully saturated rings. The van der Waals surface area contributed by atoms with E-state index in [0.29, 0.717) is 0 Å². The average molecular weight is 285 g/mol. The number of nitrogens with zero attached hydrogens (tertiary/aromatic N) is 2. The van der Waals surface area contributed by atoms with Gasteiger partial charge in [-0.2, -0.15) is 5.10 Å². The molecule has 1 N–H and O–H groups in total. The molecule has 112 valence electrons. The largest absolute Gasteiger partial charge is 0.497 e. The standard InChI is InChI=1S/C17H23N3O/c1-13-15(11-18-16-5-6-16)12-20(19-13)10-9-14-3-7-17(21-2)8-4-14/h3-4,7-8,12,16,18H,5-6,9-11H2,1-2H3. The lowest BCUT2D eigenvalue weighted by atomic mass is 10.1. The lowest BCUT2D eigenvalue weighted by Crippen LogP contribution is -2.15. The summed E-state index contributed by atoms with van der Waals surface area (Å²) in [6, 6.07) is 8.99. The van der Waals surface area contributed by atoms with Crippen LogP contribution in [0.4, 0.5) is 0 Å². The Morgan fingerprint density at radius 2 is 2.05 bits per heavy atom. The van der Waals surface area contributed by atoms with Crippen molar-refractivity contribution in [3.05, 3.63) is 47.3 Å². The highest BCUT2D eigenvalue weighted by Gasteiger charge is 2.20. The molecule has 0 spiro atoms. The van der Waals surface area contributed by atoms with Gasteiger partial charge in [-0.05, 0) is 43.9 Å². The van der Waals surface area contributed by atoms with Crippen LogP contribution in [0.5, 0.6) is 5.75 Å². The summed E-state index contributed by atoms with van der Waals surface area (Å²) >= 11 is 0. The van der Waals surface area contributed by atoms with Gasteiger partial charge in [-0.1, -0.05) is 12.1 Å². The summed E-state index contributed by atoms with van der Waals surface area (Å²) in [5, 5.41) is 8.16. The maximum Gasteiger partial charge on any atom is 0.118 e. The van der Waals surface area contributed by atoms with E-state index >= 15 is 0 Å². The Morgan fingerprint density at radius 3 is 2.71 bits per heavy atom. The van der Waals surface area contributed by atoms with Crippen molar-refractivity contribution in [2.24, 2.45) is 0 Å². The number of nitrogens with one attached hydrogen (secondary N) is 1. The summed E-state index contributed by atoms with van der Waals surface area (Å²) in [5.74, 6) is 0.905. The van der Waals surface area contributed by atoms with Crippen LogP contribution in [0.2, 0.25) is 0 Å². The van der Waals surface area contributed by atoms with Crippen molar-refractivity contribution < 1.29 is 4.74 Å². The summed E-state index contributed by atoms with van der Waals surface area (Å²) in [6.45, 7) is 3.95. The van der Waals surface area contributed by atoms with Crippen molar-refractivity contribution in [1.29, 1.82) is 0 Å². The summed E-state index contributed by atoms with van der Waals surface area (Å²) in [6.07, 6.45) is 5.81. The Kier molecular flexibility index (Phi) is 4.25. The number of aromatic nitrogens is 2. The summed E-state index contributed by atoms with van der Waals surface area (Å²) in [5.41, 5.74) is 3.76. The predicted octanol–water partition coefficient (Wildman–Crippen LogP) is 2.69. The molecule has 0 amide bonds. The second-order valence-corrected chi connectivity index (χ2v) is 5.76. The molecule has 1 aromatic heterocycles. The lowest BCUT2D eigenvalue weighted by molar-refractivity contribution is 0.414. The highest BCUT2D eigenvalue weighted by molar-refractivity contribution is 5.27. The van der Waals surface area contributed by atoms with E-state index < -0.39 is 0 Å². The maximum absolute atomic E-state index is 5.18. The van der Waals surface area contributed by atoms with E-state index in [1.54, 1.807) is 7.11 Å². The van der Waals surface area contributed by atoms with Gasteiger partial charge in [0.15, 0.2) is 0 Å². The zero-order valence-electron chi connectivity index (χ0n) is 12.8. The smallest absolute Gasteiger partial charge is 0.118 e. The molecule has 0 aliphatic heterocycles. The maximum atomic E-state index is 5.18. The molecule has 21 heavy (non-hydrogen) atoms. The fourth-order valence-electron chi connectivity index (χ4n) is 2.42. The average Bonchev–Trinajstić information content (AvgIpc) is 3.27. The number of hydrogen-bond acceptors (Lipinski definition) is 3. The summed E-state index contributed by atoms with van der Waals surface area (Å²) in [7, 11) is 1.69. The Bertz CT molecular complexity index is 585. The van der Waals surface area contributed by atoms with Crippen molar-refractivity contribution in [3.63, 3.8) is 0 Å². The minimum atomic E-state index is 0.743. The van der Waals surface area contributed by atoms with Crippen molar-refractivity contribution in [2.75, 3.05) is 7.11 Å². The summed E-state index contributed by atoms with van der Waals surface area (Å²) < 4.78 is 7.24. The number of methoxy groups -OCH3 is 1. The van der Waals surface area contributed by atoms with Gasteiger partial charge in [0.25, 0.3) is 0 Å². The number of benzene rings is 1. The van der Waals surface area contributed by atoms with Crippen molar-refractivity contribution in [1.82, 2.24) is 15.1 Å². The minimum absolute atomic E-state index is 0.743. The molecule has 2 aromatic rings. The van der Waals surface area contributed by atoms with E-state index in [1.165, 1.54) is 24.0 Å². The molecule has 0 radical (unpaired) electrons. The van der Waals surface area contributed by atoms with E-state index in [4.69, 9.17) is 4.74 Å². The van der Waals surface area contributed by atoms with Crippen LogP contribution < -0.4 is 10.1 Å². The first-order valence-electron chi connectivity index (χ1n) is 7.64. The van der Waals surface area contributed by atoms with Crippen LogP contribution in [-0.2, 0) is 19.5 Å². The van der Waals surface area contributed by atoms with Crippen LogP contribution in [0.1, 0.15) is 29.7 Å². The molecule has 1 aliphatic carbocycles.